The summed E-state index contributed by atoms with van der Waals surface area (Å²) < 4.78 is 1.14. The summed E-state index contributed by atoms with van der Waals surface area (Å²) in [5.41, 5.74) is 5.38. The number of hydrogen-bond donors (Lipinski definition) is 0. The van der Waals surface area contributed by atoms with Gasteiger partial charge in [-0.3, -0.25) is 0 Å². The topological polar surface area (TPSA) is 6.48 Å². The van der Waals surface area contributed by atoms with Gasteiger partial charge >= 0.3 is 0 Å². The predicted octanol–water partition coefficient (Wildman–Crippen LogP) is 5.19. The molecule has 0 N–H and O–H groups in total. The van der Waals surface area contributed by atoms with Crippen LogP contribution in [0.25, 0.3) is 10.8 Å². The van der Waals surface area contributed by atoms with E-state index in [4.69, 9.17) is 0 Å². The van der Waals surface area contributed by atoms with Crippen molar-refractivity contribution in [3.05, 3.63) is 70.2 Å². The molecule has 0 aliphatic carbocycles. The van der Waals surface area contributed by atoms with Crippen LogP contribution in [0.3, 0.4) is 0 Å². The van der Waals surface area contributed by atoms with Crippen LogP contribution in [0.4, 0.5) is 11.4 Å². The van der Waals surface area contributed by atoms with Crippen LogP contribution in [0, 0.1) is 0 Å². The fourth-order valence-corrected chi connectivity index (χ4v) is 3.97. The number of benzene rings is 3. The molecule has 0 bridgehead atoms. The Labute approximate surface area is 145 Å². The van der Waals surface area contributed by atoms with Gasteiger partial charge in [0.25, 0.3) is 0 Å². The normalized spacial score (nSPS) is 14.2. The Kier molecular flexibility index (Phi) is 3.53. The van der Waals surface area contributed by atoms with Crippen LogP contribution in [0.5, 0.6) is 0 Å². The third-order valence-electron chi connectivity index (χ3n) is 4.68. The van der Waals surface area contributed by atoms with Crippen molar-refractivity contribution in [2.45, 2.75) is 13.1 Å². The third-order valence-corrected chi connectivity index (χ3v) is 5.18. The van der Waals surface area contributed by atoms with Gasteiger partial charge in [-0.2, -0.15) is 0 Å². The van der Waals surface area contributed by atoms with Gasteiger partial charge in [0.15, 0.2) is 0 Å². The van der Waals surface area contributed by atoms with Crippen LogP contribution < -0.4 is 9.80 Å². The molecular weight excluding hydrogens is 348 g/mol. The Morgan fingerprint density at radius 1 is 0.826 bits per heavy atom. The molecule has 0 radical (unpaired) electrons. The summed E-state index contributed by atoms with van der Waals surface area (Å²) in [6.07, 6.45) is 0. The summed E-state index contributed by atoms with van der Waals surface area (Å²) in [5.74, 6) is 0. The Hall–Kier alpha value is -2.00. The maximum atomic E-state index is 3.60. The zero-order valence-corrected chi connectivity index (χ0v) is 15.0. The van der Waals surface area contributed by atoms with Crippen molar-refractivity contribution in [2.24, 2.45) is 0 Å². The van der Waals surface area contributed by atoms with E-state index in [0.29, 0.717) is 0 Å². The monoisotopic (exact) mass is 366 g/mol. The highest BCUT2D eigenvalue weighted by Crippen LogP contribution is 2.35. The highest BCUT2D eigenvalue weighted by Gasteiger charge is 2.19. The molecule has 23 heavy (non-hydrogen) atoms. The highest BCUT2D eigenvalue weighted by atomic mass is 79.9. The Morgan fingerprint density at radius 2 is 1.57 bits per heavy atom. The minimum atomic E-state index is 0.907. The Bertz CT molecular complexity index is 888. The third kappa shape index (κ3) is 2.49. The molecule has 3 aromatic rings. The van der Waals surface area contributed by atoms with Crippen LogP contribution >= 0.6 is 15.9 Å². The number of hydrogen-bond acceptors (Lipinski definition) is 2. The van der Waals surface area contributed by atoms with Crippen molar-refractivity contribution in [1.82, 2.24) is 0 Å². The van der Waals surface area contributed by atoms with Gasteiger partial charge in [0.2, 0.25) is 0 Å². The van der Waals surface area contributed by atoms with E-state index in [9.17, 15) is 0 Å². The number of halogens is 1. The van der Waals surface area contributed by atoms with Crippen LogP contribution in [0.15, 0.2) is 59.1 Å². The molecule has 0 fully saturated rings. The minimum Gasteiger partial charge on any atom is -0.370 e. The fourth-order valence-electron chi connectivity index (χ4n) is 3.56. The smallest absolute Gasteiger partial charge is 0.0453 e. The molecule has 4 rings (SSSR count). The molecule has 1 heterocycles. The van der Waals surface area contributed by atoms with Crippen LogP contribution in [0.1, 0.15) is 11.1 Å². The molecule has 0 amide bonds. The summed E-state index contributed by atoms with van der Waals surface area (Å²) in [5, 5.41) is 2.66. The predicted molar refractivity (Wildman–Crippen MR) is 102 cm³/mol. The van der Waals surface area contributed by atoms with Gasteiger partial charge in [-0.1, -0.05) is 46.3 Å². The SMILES string of the molecule is CN1Cc2c(ccc3ccccc23)N(C)Cc2cc(Br)ccc21. The molecule has 2 nitrogen and oxygen atoms in total. The molecule has 0 atom stereocenters. The molecule has 1 aliphatic heterocycles. The number of anilines is 2. The summed E-state index contributed by atoms with van der Waals surface area (Å²) in [4.78, 5) is 4.72. The molecule has 0 unspecified atom stereocenters. The maximum absolute atomic E-state index is 3.60. The molecule has 0 aromatic heterocycles. The summed E-state index contributed by atoms with van der Waals surface area (Å²) in [7, 11) is 4.37. The van der Waals surface area contributed by atoms with E-state index in [1.165, 1.54) is 33.3 Å². The second-order valence-corrected chi connectivity index (χ2v) is 7.19. The van der Waals surface area contributed by atoms with Gasteiger partial charge < -0.3 is 9.80 Å². The lowest BCUT2D eigenvalue weighted by molar-refractivity contribution is 0.841. The van der Waals surface area contributed by atoms with Gasteiger partial charge in [-0.25, -0.2) is 0 Å². The van der Waals surface area contributed by atoms with E-state index in [0.717, 1.165) is 17.6 Å². The van der Waals surface area contributed by atoms with Crippen LogP contribution in [-0.2, 0) is 13.1 Å². The van der Waals surface area contributed by atoms with Crippen molar-refractivity contribution in [3.8, 4) is 0 Å². The number of fused-ring (bicyclic) bond motifs is 4. The highest BCUT2D eigenvalue weighted by molar-refractivity contribution is 9.10. The van der Waals surface area contributed by atoms with Gasteiger partial charge in [0, 0.05) is 48.6 Å². The largest absolute Gasteiger partial charge is 0.370 e. The Balaban J connectivity index is 1.91. The fraction of sp³-hybridized carbons (Fsp3) is 0.200. The maximum Gasteiger partial charge on any atom is 0.0453 e. The summed E-state index contributed by atoms with van der Waals surface area (Å²) >= 11 is 3.60. The molecular formula is C20H19BrN2. The van der Waals surface area contributed by atoms with Gasteiger partial charge in [0.05, 0.1) is 0 Å². The van der Waals surface area contributed by atoms with Gasteiger partial charge in [-0.15, -0.1) is 0 Å². The lowest BCUT2D eigenvalue weighted by Crippen LogP contribution is -2.27. The minimum absolute atomic E-state index is 0.907. The first kappa shape index (κ1) is 14.6. The standard InChI is InChI=1S/C20H19BrN2/c1-22-12-15-11-16(21)8-10-19(15)23(2)13-18-17-6-4-3-5-14(17)7-9-20(18)22/h3-11H,12-13H2,1-2H3. The molecule has 1 aliphatic rings. The van der Waals surface area contributed by atoms with Crippen molar-refractivity contribution < 1.29 is 0 Å². The zero-order chi connectivity index (χ0) is 16.0. The van der Waals surface area contributed by atoms with Crippen molar-refractivity contribution in [1.29, 1.82) is 0 Å². The van der Waals surface area contributed by atoms with E-state index in [1.54, 1.807) is 0 Å². The van der Waals surface area contributed by atoms with Crippen LogP contribution in [-0.4, -0.2) is 14.1 Å². The average Bonchev–Trinajstić information content (AvgIpc) is 2.54. The van der Waals surface area contributed by atoms with Crippen molar-refractivity contribution in [2.75, 3.05) is 23.9 Å². The molecule has 3 heteroatoms. The molecule has 3 aromatic carbocycles. The lowest BCUT2D eigenvalue weighted by Gasteiger charge is -2.33. The van der Waals surface area contributed by atoms with Crippen molar-refractivity contribution in [3.63, 3.8) is 0 Å². The first-order valence-corrected chi connectivity index (χ1v) is 8.64. The number of rotatable bonds is 0. The zero-order valence-electron chi connectivity index (χ0n) is 13.4. The second kappa shape index (κ2) is 5.57. The molecule has 116 valence electrons. The van der Waals surface area contributed by atoms with Gasteiger partial charge in [-0.05, 0) is 40.6 Å². The quantitative estimate of drug-likeness (QED) is 0.540. The first-order valence-electron chi connectivity index (χ1n) is 7.85. The van der Waals surface area contributed by atoms with E-state index < -0.39 is 0 Å². The van der Waals surface area contributed by atoms with E-state index in [-0.39, 0.29) is 0 Å². The Morgan fingerprint density at radius 3 is 2.43 bits per heavy atom. The second-order valence-electron chi connectivity index (χ2n) is 6.27. The van der Waals surface area contributed by atoms with E-state index in [2.05, 4.69) is 94.4 Å². The lowest BCUT2D eigenvalue weighted by atomic mass is 9.99. The van der Waals surface area contributed by atoms with Crippen LogP contribution in [0.2, 0.25) is 0 Å². The first-order chi connectivity index (χ1) is 11.1. The van der Waals surface area contributed by atoms with E-state index in [1.807, 2.05) is 0 Å². The molecule has 0 saturated carbocycles. The molecule has 0 spiro atoms. The number of nitrogens with zero attached hydrogens (tertiary/aromatic N) is 2. The van der Waals surface area contributed by atoms with E-state index >= 15 is 0 Å². The molecule has 0 saturated heterocycles. The van der Waals surface area contributed by atoms with Gasteiger partial charge in [0.1, 0.15) is 0 Å². The average molecular weight is 367 g/mol. The summed E-state index contributed by atoms with van der Waals surface area (Å²) in [6.45, 7) is 1.82. The van der Waals surface area contributed by atoms with Crippen molar-refractivity contribution >= 4 is 38.1 Å². The summed E-state index contributed by atoms with van der Waals surface area (Å²) in [6, 6.07) is 19.7.